The summed E-state index contributed by atoms with van der Waals surface area (Å²) in [4.78, 5) is 18.1. The maximum atomic E-state index is 13.8. The molecule has 0 atom stereocenters. The summed E-state index contributed by atoms with van der Waals surface area (Å²) >= 11 is 0. The lowest BCUT2D eigenvalue weighted by Gasteiger charge is -2.38. The Morgan fingerprint density at radius 3 is 2.56 bits per heavy atom. The summed E-state index contributed by atoms with van der Waals surface area (Å²) in [7, 11) is 1.65. The summed E-state index contributed by atoms with van der Waals surface area (Å²) < 4.78 is 47.1. The van der Waals surface area contributed by atoms with Gasteiger partial charge >= 0.3 is 6.18 Å². The van der Waals surface area contributed by atoms with Gasteiger partial charge in [-0.2, -0.15) is 13.2 Å². The Balaban J connectivity index is 1.38. The molecule has 8 heteroatoms. The summed E-state index contributed by atoms with van der Waals surface area (Å²) in [5, 5.41) is 2.68. The van der Waals surface area contributed by atoms with Crippen LogP contribution in [-0.2, 0) is 24.1 Å². The molecule has 1 saturated heterocycles. The summed E-state index contributed by atoms with van der Waals surface area (Å²) in [5.74, 6) is 0.617. The Hall–Kier alpha value is -2.61. The molecule has 1 aliphatic heterocycles. The van der Waals surface area contributed by atoms with E-state index < -0.39 is 11.7 Å². The lowest BCUT2D eigenvalue weighted by atomic mass is 9.84. The van der Waals surface area contributed by atoms with E-state index in [4.69, 9.17) is 4.74 Å². The van der Waals surface area contributed by atoms with E-state index in [-0.39, 0.29) is 30.0 Å². The molecule has 2 fully saturated rings. The molecule has 5 nitrogen and oxygen atoms in total. The summed E-state index contributed by atoms with van der Waals surface area (Å²) in [5.41, 5.74) is 2.15. The Bertz CT molecular complexity index is 1010. The molecule has 2 heterocycles. The van der Waals surface area contributed by atoms with Crippen molar-refractivity contribution in [2.75, 3.05) is 20.1 Å². The highest BCUT2D eigenvalue weighted by Crippen LogP contribution is 2.40. The highest BCUT2D eigenvalue weighted by Gasteiger charge is 2.37. The first-order valence-electron chi connectivity index (χ1n) is 12.0. The van der Waals surface area contributed by atoms with Gasteiger partial charge in [-0.3, -0.25) is 14.7 Å². The second kappa shape index (κ2) is 10.3. The van der Waals surface area contributed by atoms with E-state index in [1.807, 2.05) is 25.1 Å². The fraction of sp³-hybridized carbons (Fsp3) is 0.538. The molecule has 0 bridgehead atoms. The minimum absolute atomic E-state index is 0.0275. The van der Waals surface area contributed by atoms with Gasteiger partial charge in [-0.25, -0.2) is 0 Å². The lowest BCUT2D eigenvalue weighted by Crippen LogP contribution is -2.52. The maximum absolute atomic E-state index is 13.8. The van der Waals surface area contributed by atoms with E-state index >= 15 is 0 Å². The number of hydrogen-bond acceptors (Lipinski definition) is 4. The third-order valence-electron chi connectivity index (χ3n) is 6.96. The van der Waals surface area contributed by atoms with Crippen LogP contribution >= 0.6 is 0 Å². The van der Waals surface area contributed by atoms with Gasteiger partial charge in [-0.05, 0) is 49.1 Å². The molecule has 0 spiro atoms. The SMILES string of the molecule is CNC(=O)C1CN(Cc2ccc(OCc3cnc(C4CCCCC4)c(C(F)(F)F)c3)cc2C)C1. The Morgan fingerprint density at radius 2 is 1.91 bits per heavy atom. The van der Waals surface area contributed by atoms with Crippen LogP contribution in [0.2, 0.25) is 0 Å². The zero-order valence-electron chi connectivity index (χ0n) is 19.8. The monoisotopic (exact) mass is 475 g/mol. The topological polar surface area (TPSA) is 54.5 Å². The van der Waals surface area contributed by atoms with Crippen LogP contribution in [0.25, 0.3) is 0 Å². The molecule has 1 amide bonds. The van der Waals surface area contributed by atoms with Crippen molar-refractivity contribution in [3.05, 3.63) is 58.4 Å². The number of nitrogens with zero attached hydrogens (tertiary/aromatic N) is 2. The predicted molar refractivity (Wildman–Crippen MR) is 123 cm³/mol. The quantitative estimate of drug-likeness (QED) is 0.597. The predicted octanol–water partition coefficient (Wildman–Crippen LogP) is 5.21. The number of carbonyl (C=O) groups is 1. The zero-order chi connectivity index (χ0) is 24.3. The molecule has 2 aromatic rings. The van der Waals surface area contributed by atoms with Gasteiger partial charge in [0.1, 0.15) is 12.4 Å². The number of pyridine rings is 1. The van der Waals surface area contributed by atoms with Crippen molar-refractivity contribution >= 4 is 5.91 Å². The van der Waals surface area contributed by atoms with E-state index in [1.165, 1.54) is 12.3 Å². The lowest BCUT2D eigenvalue weighted by molar-refractivity contribution is -0.138. The van der Waals surface area contributed by atoms with Gasteiger partial charge in [0.05, 0.1) is 17.2 Å². The third kappa shape index (κ3) is 5.71. The fourth-order valence-electron chi connectivity index (χ4n) is 4.94. The van der Waals surface area contributed by atoms with E-state index in [0.29, 0.717) is 11.3 Å². The summed E-state index contributed by atoms with van der Waals surface area (Å²) in [6.07, 6.45) is 1.61. The van der Waals surface area contributed by atoms with Gasteiger partial charge in [0, 0.05) is 44.4 Å². The van der Waals surface area contributed by atoms with Crippen molar-refractivity contribution < 1.29 is 22.7 Å². The van der Waals surface area contributed by atoms with Crippen LogP contribution in [-0.4, -0.2) is 35.9 Å². The Labute approximate surface area is 198 Å². The van der Waals surface area contributed by atoms with Crippen molar-refractivity contribution in [1.29, 1.82) is 0 Å². The average molecular weight is 476 g/mol. The fourth-order valence-corrected chi connectivity index (χ4v) is 4.94. The number of amides is 1. The second-order valence-corrected chi connectivity index (χ2v) is 9.49. The van der Waals surface area contributed by atoms with Gasteiger partial charge in [-0.15, -0.1) is 0 Å². The van der Waals surface area contributed by atoms with E-state index in [0.717, 1.165) is 62.9 Å². The highest BCUT2D eigenvalue weighted by atomic mass is 19.4. The number of ether oxygens (including phenoxy) is 1. The molecule has 0 radical (unpaired) electrons. The number of likely N-dealkylation sites (tertiary alicyclic amines) is 1. The smallest absolute Gasteiger partial charge is 0.418 e. The number of alkyl halides is 3. The maximum Gasteiger partial charge on any atom is 0.418 e. The molecule has 34 heavy (non-hydrogen) atoms. The molecular formula is C26H32F3N3O2. The number of halogens is 3. The Morgan fingerprint density at radius 1 is 1.18 bits per heavy atom. The normalized spacial score (nSPS) is 17.9. The summed E-state index contributed by atoms with van der Waals surface area (Å²) in [6, 6.07) is 6.92. The van der Waals surface area contributed by atoms with Crippen molar-refractivity contribution in [1.82, 2.24) is 15.2 Å². The van der Waals surface area contributed by atoms with Crippen LogP contribution in [0.1, 0.15) is 66.0 Å². The number of carbonyl (C=O) groups excluding carboxylic acids is 1. The van der Waals surface area contributed by atoms with Crippen molar-refractivity contribution in [2.45, 2.75) is 64.3 Å². The standard InChI is InChI=1S/C26H32F3N3O2/c1-17-10-22(9-8-20(17)13-32-14-21(15-32)25(33)30-2)34-16-18-11-23(26(27,28)29)24(31-12-18)19-6-4-3-5-7-19/h8-12,19,21H,3-7,13-16H2,1-2H3,(H,30,33). The first-order chi connectivity index (χ1) is 16.2. The molecule has 2 aliphatic rings. The van der Waals surface area contributed by atoms with Gasteiger partial charge < -0.3 is 10.1 Å². The molecule has 1 aliphatic carbocycles. The zero-order valence-corrected chi connectivity index (χ0v) is 19.8. The number of benzene rings is 1. The molecule has 4 rings (SSSR count). The highest BCUT2D eigenvalue weighted by molar-refractivity contribution is 5.79. The van der Waals surface area contributed by atoms with Crippen LogP contribution in [0.4, 0.5) is 13.2 Å². The molecule has 1 aromatic carbocycles. The molecule has 1 aromatic heterocycles. The van der Waals surface area contributed by atoms with Crippen LogP contribution < -0.4 is 10.1 Å². The number of nitrogens with one attached hydrogen (secondary N) is 1. The van der Waals surface area contributed by atoms with Crippen LogP contribution in [0.3, 0.4) is 0 Å². The van der Waals surface area contributed by atoms with Gasteiger partial charge in [0.15, 0.2) is 0 Å². The van der Waals surface area contributed by atoms with Crippen molar-refractivity contribution in [3.8, 4) is 5.75 Å². The number of hydrogen-bond donors (Lipinski definition) is 1. The van der Waals surface area contributed by atoms with Crippen LogP contribution in [0, 0.1) is 12.8 Å². The van der Waals surface area contributed by atoms with Crippen molar-refractivity contribution in [3.63, 3.8) is 0 Å². The van der Waals surface area contributed by atoms with Crippen molar-refractivity contribution in [2.24, 2.45) is 5.92 Å². The minimum Gasteiger partial charge on any atom is -0.489 e. The molecule has 184 valence electrons. The first-order valence-corrected chi connectivity index (χ1v) is 12.0. The minimum atomic E-state index is -4.43. The number of rotatable bonds is 7. The van der Waals surface area contributed by atoms with Gasteiger partial charge in [0.2, 0.25) is 5.91 Å². The summed E-state index contributed by atoms with van der Waals surface area (Å²) in [6.45, 7) is 4.24. The van der Waals surface area contributed by atoms with Crippen LogP contribution in [0.15, 0.2) is 30.5 Å². The third-order valence-corrected chi connectivity index (χ3v) is 6.96. The number of aromatic nitrogens is 1. The first kappa shape index (κ1) is 24.5. The van der Waals surface area contributed by atoms with E-state index in [1.54, 1.807) is 7.05 Å². The van der Waals surface area contributed by atoms with E-state index in [2.05, 4.69) is 15.2 Å². The van der Waals surface area contributed by atoms with Gasteiger partial charge in [-0.1, -0.05) is 25.3 Å². The molecule has 0 unspecified atom stereocenters. The molecule has 1 N–H and O–H groups in total. The molecule has 1 saturated carbocycles. The molecular weight excluding hydrogens is 443 g/mol. The average Bonchev–Trinajstić information content (AvgIpc) is 2.80. The van der Waals surface area contributed by atoms with Crippen LogP contribution in [0.5, 0.6) is 5.75 Å². The van der Waals surface area contributed by atoms with Gasteiger partial charge in [0.25, 0.3) is 0 Å². The number of aryl methyl sites for hydroxylation is 1. The second-order valence-electron chi connectivity index (χ2n) is 9.49. The Kier molecular flexibility index (Phi) is 7.45. The van der Waals surface area contributed by atoms with E-state index in [9.17, 15) is 18.0 Å². The largest absolute Gasteiger partial charge is 0.489 e.